The molecule has 0 N–H and O–H groups in total. The predicted molar refractivity (Wildman–Crippen MR) is 102 cm³/mol. The number of benzene rings is 1. The van der Waals surface area contributed by atoms with Gasteiger partial charge in [0.1, 0.15) is 12.0 Å². The van der Waals surface area contributed by atoms with Gasteiger partial charge in [-0.3, -0.25) is 10.1 Å². The van der Waals surface area contributed by atoms with Crippen molar-refractivity contribution in [1.82, 2.24) is 9.29 Å². The van der Waals surface area contributed by atoms with Crippen LogP contribution in [0.4, 0.5) is 11.5 Å². The van der Waals surface area contributed by atoms with Crippen molar-refractivity contribution in [1.29, 1.82) is 0 Å². The van der Waals surface area contributed by atoms with Gasteiger partial charge in [-0.1, -0.05) is 26.0 Å². The molecule has 3 rings (SSSR count). The molecule has 0 spiro atoms. The topological polar surface area (TPSA) is 96.7 Å². The van der Waals surface area contributed by atoms with Crippen LogP contribution in [0.15, 0.2) is 47.5 Å². The number of rotatable bonds is 5. The Balaban J connectivity index is 1.68. The Kier molecular flexibility index (Phi) is 5.43. The van der Waals surface area contributed by atoms with Crippen LogP contribution in [-0.4, -0.2) is 48.8 Å². The number of piperazine rings is 1. The molecular weight excluding hydrogens is 368 g/mol. The third-order valence-electron chi connectivity index (χ3n) is 4.69. The van der Waals surface area contributed by atoms with Gasteiger partial charge in [-0.2, -0.15) is 4.31 Å². The van der Waals surface area contributed by atoms with E-state index < -0.39 is 14.9 Å². The summed E-state index contributed by atoms with van der Waals surface area (Å²) in [6.45, 7) is 5.77. The van der Waals surface area contributed by atoms with Crippen LogP contribution in [0.3, 0.4) is 0 Å². The Labute approximate surface area is 158 Å². The summed E-state index contributed by atoms with van der Waals surface area (Å²) >= 11 is 0. The number of hydrogen-bond acceptors (Lipinski definition) is 6. The first kappa shape index (κ1) is 19.2. The summed E-state index contributed by atoms with van der Waals surface area (Å²) in [7, 11) is -3.53. The smallest absolute Gasteiger partial charge is 0.287 e. The molecule has 1 aliphatic heterocycles. The lowest BCUT2D eigenvalue weighted by Gasteiger charge is -2.34. The van der Waals surface area contributed by atoms with E-state index in [-0.39, 0.29) is 5.69 Å². The lowest BCUT2D eigenvalue weighted by atomic mass is 10.0. The van der Waals surface area contributed by atoms with Crippen molar-refractivity contribution in [3.05, 3.63) is 58.3 Å². The van der Waals surface area contributed by atoms with E-state index in [0.717, 1.165) is 5.56 Å². The highest BCUT2D eigenvalue weighted by Gasteiger charge is 2.29. The van der Waals surface area contributed by atoms with Crippen LogP contribution in [0, 0.1) is 10.1 Å². The summed E-state index contributed by atoms with van der Waals surface area (Å²) in [4.78, 5) is 16.6. The number of aromatic nitrogens is 1. The van der Waals surface area contributed by atoms with Crippen molar-refractivity contribution in [2.24, 2.45) is 0 Å². The SMILES string of the molecule is CC(C)c1ccc(S(=O)(=O)N2CCN(c3ccc([N+](=O)[O-])cn3)CC2)cc1. The number of hydrogen-bond donors (Lipinski definition) is 0. The molecule has 0 aliphatic carbocycles. The summed E-state index contributed by atoms with van der Waals surface area (Å²) in [5.41, 5.74) is 1.04. The van der Waals surface area contributed by atoms with Gasteiger partial charge in [-0.15, -0.1) is 0 Å². The molecule has 0 radical (unpaired) electrons. The number of anilines is 1. The van der Waals surface area contributed by atoms with E-state index in [0.29, 0.717) is 42.8 Å². The molecule has 27 heavy (non-hydrogen) atoms. The fourth-order valence-corrected chi connectivity index (χ4v) is 4.43. The standard InChI is InChI=1S/C18H22N4O4S/c1-14(2)15-3-6-17(7-4-15)27(25,26)21-11-9-20(10-12-21)18-8-5-16(13-19-18)22(23)24/h3-8,13-14H,9-12H2,1-2H3. The van der Waals surface area contributed by atoms with Gasteiger partial charge >= 0.3 is 0 Å². The Morgan fingerprint density at radius 1 is 1.04 bits per heavy atom. The highest BCUT2D eigenvalue weighted by molar-refractivity contribution is 7.89. The molecule has 0 atom stereocenters. The number of nitro groups is 1. The van der Waals surface area contributed by atoms with Crippen molar-refractivity contribution >= 4 is 21.5 Å². The minimum absolute atomic E-state index is 0.0650. The van der Waals surface area contributed by atoms with E-state index in [1.54, 1.807) is 18.2 Å². The second kappa shape index (κ2) is 7.61. The summed E-state index contributed by atoms with van der Waals surface area (Å²) in [5.74, 6) is 0.957. The molecule has 1 aromatic carbocycles. The van der Waals surface area contributed by atoms with Crippen LogP contribution in [0.1, 0.15) is 25.3 Å². The summed E-state index contributed by atoms with van der Waals surface area (Å²) in [6.07, 6.45) is 1.22. The Morgan fingerprint density at radius 3 is 2.15 bits per heavy atom. The molecule has 0 unspecified atom stereocenters. The van der Waals surface area contributed by atoms with Crippen molar-refractivity contribution in [3.63, 3.8) is 0 Å². The van der Waals surface area contributed by atoms with Crippen molar-refractivity contribution in [3.8, 4) is 0 Å². The van der Waals surface area contributed by atoms with Gasteiger partial charge in [0.05, 0.1) is 9.82 Å². The minimum Gasteiger partial charge on any atom is -0.354 e. The van der Waals surface area contributed by atoms with Crippen LogP contribution in [-0.2, 0) is 10.0 Å². The van der Waals surface area contributed by atoms with Crippen LogP contribution < -0.4 is 4.90 Å². The van der Waals surface area contributed by atoms with E-state index in [2.05, 4.69) is 18.8 Å². The zero-order valence-corrected chi connectivity index (χ0v) is 16.1. The second-order valence-corrected chi connectivity index (χ2v) is 8.68. The third-order valence-corrected chi connectivity index (χ3v) is 6.60. The lowest BCUT2D eigenvalue weighted by Crippen LogP contribution is -2.48. The van der Waals surface area contributed by atoms with Crippen molar-refractivity contribution < 1.29 is 13.3 Å². The van der Waals surface area contributed by atoms with Gasteiger partial charge in [0, 0.05) is 32.2 Å². The normalized spacial score (nSPS) is 15.9. The molecule has 2 heterocycles. The van der Waals surface area contributed by atoms with E-state index in [1.807, 2.05) is 17.0 Å². The first-order valence-electron chi connectivity index (χ1n) is 8.74. The molecule has 1 saturated heterocycles. The molecule has 9 heteroatoms. The fourth-order valence-electron chi connectivity index (χ4n) is 3.00. The van der Waals surface area contributed by atoms with Gasteiger partial charge in [0.25, 0.3) is 5.69 Å². The monoisotopic (exact) mass is 390 g/mol. The number of nitrogens with zero attached hydrogens (tertiary/aromatic N) is 4. The maximum atomic E-state index is 12.8. The first-order chi connectivity index (χ1) is 12.8. The molecule has 1 aliphatic rings. The highest BCUT2D eigenvalue weighted by atomic mass is 32.2. The second-order valence-electron chi connectivity index (χ2n) is 6.75. The van der Waals surface area contributed by atoms with Crippen LogP contribution in [0.25, 0.3) is 0 Å². The van der Waals surface area contributed by atoms with Crippen LogP contribution in [0.2, 0.25) is 0 Å². The first-order valence-corrected chi connectivity index (χ1v) is 10.2. The number of pyridine rings is 1. The molecule has 2 aromatic rings. The Morgan fingerprint density at radius 2 is 1.67 bits per heavy atom. The largest absolute Gasteiger partial charge is 0.354 e. The zero-order chi connectivity index (χ0) is 19.6. The average Bonchev–Trinajstić information content (AvgIpc) is 2.68. The third kappa shape index (κ3) is 4.09. The minimum atomic E-state index is -3.53. The predicted octanol–water partition coefficient (Wildman–Crippen LogP) is 2.62. The van der Waals surface area contributed by atoms with Gasteiger partial charge in [0.2, 0.25) is 10.0 Å². The fraction of sp³-hybridized carbons (Fsp3) is 0.389. The molecule has 8 nitrogen and oxygen atoms in total. The number of sulfonamides is 1. The molecule has 0 bridgehead atoms. The Bertz CT molecular complexity index is 903. The Hall–Kier alpha value is -2.52. The maximum Gasteiger partial charge on any atom is 0.287 e. The quantitative estimate of drug-likeness (QED) is 0.575. The van der Waals surface area contributed by atoms with E-state index in [1.165, 1.54) is 16.6 Å². The van der Waals surface area contributed by atoms with Gasteiger partial charge in [-0.05, 0) is 29.7 Å². The molecule has 1 aromatic heterocycles. The molecule has 1 fully saturated rings. The van der Waals surface area contributed by atoms with E-state index >= 15 is 0 Å². The van der Waals surface area contributed by atoms with Crippen molar-refractivity contribution in [2.75, 3.05) is 31.1 Å². The van der Waals surface area contributed by atoms with Gasteiger partial charge < -0.3 is 4.90 Å². The van der Waals surface area contributed by atoms with E-state index in [9.17, 15) is 18.5 Å². The lowest BCUT2D eigenvalue weighted by molar-refractivity contribution is -0.385. The zero-order valence-electron chi connectivity index (χ0n) is 15.3. The molecule has 144 valence electrons. The summed E-state index contributed by atoms with van der Waals surface area (Å²) in [6, 6.07) is 10.0. The van der Waals surface area contributed by atoms with E-state index in [4.69, 9.17) is 0 Å². The summed E-state index contributed by atoms with van der Waals surface area (Å²) in [5, 5.41) is 10.7. The highest BCUT2D eigenvalue weighted by Crippen LogP contribution is 2.23. The van der Waals surface area contributed by atoms with Gasteiger partial charge in [0.15, 0.2) is 0 Å². The average molecular weight is 390 g/mol. The summed E-state index contributed by atoms with van der Waals surface area (Å²) < 4.78 is 27.2. The molecule has 0 amide bonds. The van der Waals surface area contributed by atoms with Gasteiger partial charge in [-0.25, -0.2) is 13.4 Å². The molecular formula is C18H22N4O4S. The van der Waals surface area contributed by atoms with Crippen LogP contribution in [0.5, 0.6) is 0 Å². The van der Waals surface area contributed by atoms with Crippen LogP contribution >= 0.6 is 0 Å². The van der Waals surface area contributed by atoms with Crippen molar-refractivity contribution in [2.45, 2.75) is 24.7 Å². The maximum absolute atomic E-state index is 12.8. The molecule has 0 saturated carbocycles.